The Labute approximate surface area is 81.7 Å². The summed E-state index contributed by atoms with van der Waals surface area (Å²) in [4.78, 5) is 0. The van der Waals surface area contributed by atoms with E-state index >= 15 is 0 Å². The van der Waals surface area contributed by atoms with Crippen molar-refractivity contribution in [3.63, 3.8) is 0 Å². The van der Waals surface area contributed by atoms with Crippen LogP contribution in [0.5, 0.6) is 0 Å². The summed E-state index contributed by atoms with van der Waals surface area (Å²) in [6.45, 7) is 2.19. The largest absolute Gasteiger partial charge is 0.508 e. The number of aliphatic hydroxyl groups is 1. The van der Waals surface area contributed by atoms with Gasteiger partial charge in [-0.25, -0.2) is 0 Å². The zero-order chi connectivity index (χ0) is 9.71. The topological polar surface area (TPSA) is 46.3 Å². The molecule has 1 saturated carbocycles. The second kappa shape index (κ2) is 2.50. The van der Waals surface area contributed by atoms with Gasteiger partial charge in [0.05, 0.1) is 6.20 Å². The second-order valence-electron chi connectivity index (χ2n) is 4.00. The molecule has 0 saturated heterocycles. The predicted molar refractivity (Wildman–Crippen MR) is 51.3 cm³/mol. The van der Waals surface area contributed by atoms with Gasteiger partial charge in [-0.15, -0.1) is 0 Å². The molecule has 1 heterocycles. The minimum absolute atomic E-state index is 0.326. The van der Waals surface area contributed by atoms with Crippen LogP contribution in [-0.4, -0.2) is 10.3 Å². The van der Waals surface area contributed by atoms with Crippen LogP contribution in [0.1, 0.15) is 12.7 Å². The van der Waals surface area contributed by atoms with Crippen LogP contribution >= 0.6 is 0 Å². The zero-order valence-corrected chi connectivity index (χ0v) is 7.84. The van der Waals surface area contributed by atoms with E-state index in [0.29, 0.717) is 29.3 Å². The first-order valence-corrected chi connectivity index (χ1v) is 4.81. The van der Waals surface area contributed by atoms with Crippen LogP contribution in [0, 0.1) is 17.8 Å². The smallest absolute Gasteiger partial charge is 0.166 e. The van der Waals surface area contributed by atoms with Crippen LogP contribution in [0.2, 0.25) is 0 Å². The van der Waals surface area contributed by atoms with Crippen LogP contribution in [0.25, 0.3) is 5.57 Å². The van der Waals surface area contributed by atoms with Gasteiger partial charge < -0.3 is 9.63 Å². The van der Waals surface area contributed by atoms with Crippen LogP contribution in [0.4, 0.5) is 0 Å². The Morgan fingerprint density at radius 1 is 1.50 bits per heavy atom. The molecule has 3 rings (SSSR count). The normalized spacial score (nSPS) is 34.5. The summed E-state index contributed by atoms with van der Waals surface area (Å²) < 4.78 is 5.09. The standard InChI is InChI=1S/C11H11NO2/c1-6-7-2-3-8(13)11(10(6)7)9-4-5-12-14-9/h2-7,10,13H,1H3. The summed E-state index contributed by atoms with van der Waals surface area (Å²) in [6.07, 6.45) is 5.45. The molecule has 0 radical (unpaired) electrons. The number of hydrogen-bond donors (Lipinski definition) is 1. The summed E-state index contributed by atoms with van der Waals surface area (Å²) >= 11 is 0. The number of aromatic nitrogens is 1. The van der Waals surface area contributed by atoms with Crippen LogP contribution < -0.4 is 0 Å². The van der Waals surface area contributed by atoms with E-state index in [1.54, 1.807) is 18.3 Å². The maximum Gasteiger partial charge on any atom is 0.166 e. The molecule has 0 aliphatic heterocycles. The predicted octanol–water partition coefficient (Wildman–Crippen LogP) is 2.40. The lowest BCUT2D eigenvalue weighted by Gasteiger charge is -2.07. The summed E-state index contributed by atoms with van der Waals surface area (Å²) in [6, 6.07) is 1.80. The number of allylic oxidation sites excluding steroid dienone is 3. The molecule has 1 fully saturated rings. The third-order valence-electron chi connectivity index (χ3n) is 3.24. The van der Waals surface area contributed by atoms with E-state index < -0.39 is 0 Å². The van der Waals surface area contributed by atoms with Crippen molar-refractivity contribution >= 4 is 5.57 Å². The average molecular weight is 189 g/mol. The summed E-state index contributed by atoms with van der Waals surface area (Å²) in [7, 11) is 0. The van der Waals surface area contributed by atoms with Crippen molar-refractivity contribution < 1.29 is 9.63 Å². The molecular weight excluding hydrogens is 178 g/mol. The summed E-state index contributed by atoms with van der Waals surface area (Å²) in [5.74, 6) is 2.63. The Balaban J connectivity index is 2.09. The SMILES string of the molecule is CC1C2C=CC(O)=C(c3ccno3)C12. The maximum atomic E-state index is 9.76. The Kier molecular flexibility index (Phi) is 1.40. The van der Waals surface area contributed by atoms with Crippen molar-refractivity contribution in [1.29, 1.82) is 0 Å². The van der Waals surface area contributed by atoms with Gasteiger partial charge in [-0.2, -0.15) is 0 Å². The van der Waals surface area contributed by atoms with Crippen molar-refractivity contribution in [1.82, 2.24) is 5.16 Å². The van der Waals surface area contributed by atoms with Gasteiger partial charge in [0.2, 0.25) is 0 Å². The molecule has 0 bridgehead atoms. The quantitative estimate of drug-likeness (QED) is 0.737. The lowest BCUT2D eigenvalue weighted by Crippen LogP contribution is -1.96. The highest BCUT2D eigenvalue weighted by molar-refractivity contribution is 5.72. The molecule has 3 unspecified atom stereocenters. The number of aliphatic hydroxyl groups excluding tert-OH is 1. The third kappa shape index (κ3) is 0.895. The Morgan fingerprint density at radius 2 is 2.36 bits per heavy atom. The van der Waals surface area contributed by atoms with Gasteiger partial charge in [0, 0.05) is 17.6 Å². The van der Waals surface area contributed by atoms with E-state index in [1.807, 2.05) is 0 Å². The fourth-order valence-electron chi connectivity index (χ4n) is 2.35. The highest BCUT2D eigenvalue weighted by Gasteiger charge is 2.50. The van der Waals surface area contributed by atoms with Crippen LogP contribution in [0.15, 0.2) is 34.7 Å². The van der Waals surface area contributed by atoms with Gasteiger partial charge in [0.1, 0.15) is 5.76 Å². The number of rotatable bonds is 1. The Hall–Kier alpha value is -1.51. The molecule has 1 N–H and O–H groups in total. The Morgan fingerprint density at radius 3 is 3.07 bits per heavy atom. The van der Waals surface area contributed by atoms with E-state index in [-0.39, 0.29) is 0 Å². The van der Waals surface area contributed by atoms with Gasteiger partial charge in [0.25, 0.3) is 0 Å². The zero-order valence-electron chi connectivity index (χ0n) is 7.84. The first-order chi connectivity index (χ1) is 6.79. The van der Waals surface area contributed by atoms with Crippen molar-refractivity contribution in [3.05, 3.63) is 35.9 Å². The van der Waals surface area contributed by atoms with Crippen molar-refractivity contribution in [3.8, 4) is 0 Å². The fraction of sp³-hybridized carbons (Fsp3) is 0.364. The van der Waals surface area contributed by atoms with Crippen molar-refractivity contribution in [2.45, 2.75) is 6.92 Å². The molecular formula is C11H11NO2. The van der Waals surface area contributed by atoms with Gasteiger partial charge in [-0.1, -0.05) is 18.2 Å². The minimum Gasteiger partial charge on any atom is -0.508 e. The van der Waals surface area contributed by atoms with Gasteiger partial charge in [-0.05, 0) is 17.9 Å². The molecule has 0 spiro atoms. The first kappa shape index (κ1) is 7.85. The number of nitrogens with zero attached hydrogens (tertiary/aromatic N) is 1. The Bertz CT molecular complexity index is 417. The van der Waals surface area contributed by atoms with Gasteiger partial charge >= 0.3 is 0 Å². The maximum absolute atomic E-state index is 9.76. The molecule has 14 heavy (non-hydrogen) atoms. The highest BCUT2D eigenvalue weighted by Crippen LogP contribution is 2.57. The number of hydrogen-bond acceptors (Lipinski definition) is 3. The van der Waals surface area contributed by atoms with Crippen LogP contribution in [0.3, 0.4) is 0 Å². The van der Waals surface area contributed by atoms with Crippen molar-refractivity contribution in [2.24, 2.45) is 17.8 Å². The molecule has 3 nitrogen and oxygen atoms in total. The lowest BCUT2D eigenvalue weighted by molar-refractivity contribution is 0.395. The third-order valence-corrected chi connectivity index (χ3v) is 3.24. The molecule has 3 atom stereocenters. The molecule has 0 aromatic carbocycles. The van der Waals surface area contributed by atoms with Crippen molar-refractivity contribution in [2.75, 3.05) is 0 Å². The number of fused-ring (bicyclic) bond motifs is 1. The molecule has 0 amide bonds. The van der Waals surface area contributed by atoms with E-state index in [0.717, 1.165) is 5.57 Å². The monoisotopic (exact) mass is 189 g/mol. The first-order valence-electron chi connectivity index (χ1n) is 4.81. The molecule has 2 aliphatic rings. The van der Waals surface area contributed by atoms with Crippen LogP contribution in [-0.2, 0) is 0 Å². The lowest BCUT2D eigenvalue weighted by atomic mass is 10.0. The van der Waals surface area contributed by atoms with E-state index in [1.165, 1.54) is 0 Å². The highest BCUT2D eigenvalue weighted by atomic mass is 16.5. The van der Waals surface area contributed by atoms with E-state index in [2.05, 4.69) is 18.2 Å². The molecule has 3 heteroatoms. The van der Waals surface area contributed by atoms with E-state index in [9.17, 15) is 5.11 Å². The average Bonchev–Trinajstić information content (AvgIpc) is 2.68. The fourth-order valence-corrected chi connectivity index (χ4v) is 2.35. The van der Waals surface area contributed by atoms with E-state index in [4.69, 9.17) is 4.52 Å². The van der Waals surface area contributed by atoms with Gasteiger partial charge in [0.15, 0.2) is 5.76 Å². The summed E-state index contributed by atoms with van der Waals surface area (Å²) in [5.41, 5.74) is 0.919. The molecule has 1 aromatic rings. The minimum atomic E-state index is 0.326. The summed E-state index contributed by atoms with van der Waals surface area (Å²) in [5, 5.41) is 13.4. The molecule has 2 aliphatic carbocycles. The second-order valence-corrected chi connectivity index (χ2v) is 4.00. The molecule has 72 valence electrons. The van der Waals surface area contributed by atoms with Gasteiger partial charge in [-0.3, -0.25) is 0 Å². The molecule has 1 aromatic heterocycles.